The molecule has 1 aliphatic heterocycles. The van der Waals surface area contributed by atoms with Crippen LogP contribution in [0.2, 0.25) is 0 Å². The molecule has 1 heterocycles. The smallest absolute Gasteiger partial charge is 0.115 e. The maximum Gasteiger partial charge on any atom is 0.115 e. The summed E-state index contributed by atoms with van der Waals surface area (Å²) in [5, 5.41) is 0. The predicted molar refractivity (Wildman–Crippen MR) is 70.1 cm³/mol. The Bertz CT molecular complexity index is 292. The maximum absolute atomic E-state index is 14.1. The van der Waals surface area contributed by atoms with Gasteiger partial charge in [0.1, 0.15) is 5.67 Å². The molecule has 0 atom stereocenters. The van der Waals surface area contributed by atoms with Crippen molar-refractivity contribution in [1.82, 2.24) is 0 Å². The highest BCUT2D eigenvalue weighted by molar-refractivity contribution is 7.93. The molecule has 0 aromatic heterocycles. The molecule has 0 aromatic rings. The van der Waals surface area contributed by atoms with Crippen LogP contribution in [0.3, 0.4) is 0 Å². The molecule has 16 heavy (non-hydrogen) atoms. The van der Waals surface area contributed by atoms with E-state index in [-0.39, 0.29) is 5.92 Å². The molecule has 0 unspecified atom stereocenters. The van der Waals surface area contributed by atoms with Crippen molar-refractivity contribution in [3.8, 4) is 0 Å². The zero-order valence-corrected chi connectivity index (χ0v) is 12.1. The molecule has 1 saturated heterocycles. The summed E-state index contributed by atoms with van der Waals surface area (Å²) in [7, 11) is -2.06. The van der Waals surface area contributed by atoms with Gasteiger partial charge in [-0.15, -0.1) is 0 Å². The van der Waals surface area contributed by atoms with E-state index in [9.17, 15) is 8.60 Å². The van der Waals surface area contributed by atoms with E-state index >= 15 is 0 Å². The quantitative estimate of drug-likeness (QED) is 0.736. The third-order valence-corrected chi connectivity index (χ3v) is 5.49. The van der Waals surface area contributed by atoms with E-state index < -0.39 is 15.4 Å². The van der Waals surface area contributed by atoms with Crippen molar-refractivity contribution in [3.63, 3.8) is 0 Å². The Balaban J connectivity index is 0.00000106. The Morgan fingerprint density at radius 3 is 2.06 bits per heavy atom. The number of hydrogen-bond acceptors (Lipinski definition) is 2. The number of rotatable bonds is 2. The Labute approximate surface area is 100 Å². The highest BCUT2D eigenvalue weighted by Gasteiger charge is 2.38. The van der Waals surface area contributed by atoms with Gasteiger partial charge in [0, 0.05) is 27.8 Å². The van der Waals surface area contributed by atoms with Gasteiger partial charge in [0.25, 0.3) is 0 Å². The van der Waals surface area contributed by atoms with Gasteiger partial charge in [0.05, 0.1) is 0 Å². The highest BCUT2D eigenvalue weighted by Crippen LogP contribution is 2.35. The lowest BCUT2D eigenvalue weighted by Gasteiger charge is -2.34. The molecule has 0 aromatic carbocycles. The Hall–Kier alpha value is -0.120. The summed E-state index contributed by atoms with van der Waals surface area (Å²) in [6.45, 7) is 10.3. The number of alkyl halides is 1. The summed E-state index contributed by atoms with van der Waals surface area (Å²) in [5.74, 6) is 0.901. The number of nitrogens with zero attached hydrogens (tertiary/aromatic N) is 1. The minimum atomic E-state index is -2.06. The normalized spacial score (nSPS) is 34.2. The first-order valence-electron chi connectivity index (χ1n) is 6.29. The van der Waals surface area contributed by atoms with Crippen molar-refractivity contribution >= 4 is 9.73 Å². The van der Waals surface area contributed by atoms with Crippen LogP contribution in [0.1, 0.15) is 47.5 Å². The summed E-state index contributed by atoms with van der Waals surface area (Å²) in [5.41, 5.74) is -1.11. The van der Waals surface area contributed by atoms with Crippen molar-refractivity contribution in [2.75, 3.05) is 18.1 Å². The number of hydrogen-bond donors (Lipinski definition) is 0. The first kappa shape index (κ1) is 15.9. The molecular weight excluding hydrogens is 225 g/mol. The Kier molecular flexibility index (Phi) is 6.53. The van der Waals surface area contributed by atoms with E-state index in [2.05, 4.69) is 4.36 Å². The van der Waals surface area contributed by atoms with Crippen molar-refractivity contribution < 1.29 is 8.60 Å². The second-order valence-electron chi connectivity index (χ2n) is 4.32. The van der Waals surface area contributed by atoms with E-state index in [0.29, 0.717) is 30.9 Å². The Morgan fingerprint density at radius 1 is 1.31 bits per heavy atom. The van der Waals surface area contributed by atoms with Crippen LogP contribution in [0.4, 0.5) is 4.39 Å². The van der Waals surface area contributed by atoms with Gasteiger partial charge in [0.15, 0.2) is 0 Å². The standard InChI is InChI=1S/C10H20FNOS.C2H6/c1-4-12-14(13)7-5-10(11,6-8-14)9(2)3;1-2/h9H,4-8H2,1-3H3;1-2H3. The zero-order chi connectivity index (χ0) is 12.8. The largest absolute Gasteiger partial charge is 0.250 e. The molecule has 4 heteroatoms. The minimum absolute atomic E-state index is 0.0214. The van der Waals surface area contributed by atoms with Crippen molar-refractivity contribution in [3.05, 3.63) is 0 Å². The van der Waals surface area contributed by atoms with Crippen LogP contribution in [0.15, 0.2) is 4.36 Å². The summed E-state index contributed by atoms with van der Waals surface area (Å²) in [4.78, 5) is 0. The van der Waals surface area contributed by atoms with Crippen LogP contribution in [0, 0.1) is 5.92 Å². The van der Waals surface area contributed by atoms with E-state index in [1.807, 2.05) is 34.6 Å². The van der Waals surface area contributed by atoms with Crippen LogP contribution in [0.25, 0.3) is 0 Å². The van der Waals surface area contributed by atoms with Gasteiger partial charge in [-0.2, -0.15) is 0 Å². The summed E-state index contributed by atoms with van der Waals surface area (Å²) >= 11 is 0. The third kappa shape index (κ3) is 4.04. The molecule has 1 fully saturated rings. The lowest BCUT2D eigenvalue weighted by atomic mass is 9.87. The lowest BCUT2D eigenvalue weighted by Crippen LogP contribution is -2.39. The van der Waals surface area contributed by atoms with E-state index in [0.717, 1.165) is 0 Å². The molecule has 1 rings (SSSR count). The fourth-order valence-electron chi connectivity index (χ4n) is 1.83. The maximum atomic E-state index is 14.1. The zero-order valence-electron chi connectivity index (χ0n) is 11.3. The SMILES string of the molecule is CC.CCN=S1(=O)CCC(F)(C(C)C)CC1. The first-order chi connectivity index (χ1) is 7.42. The topological polar surface area (TPSA) is 29.4 Å². The molecule has 0 saturated carbocycles. The van der Waals surface area contributed by atoms with Gasteiger partial charge in [-0.25, -0.2) is 13.0 Å². The van der Waals surface area contributed by atoms with E-state index in [4.69, 9.17) is 0 Å². The monoisotopic (exact) mass is 251 g/mol. The molecule has 0 spiro atoms. The van der Waals surface area contributed by atoms with Gasteiger partial charge in [-0.05, 0) is 25.7 Å². The summed E-state index contributed by atoms with van der Waals surface area (Å²) in [6, 6.07) is 0. The summed E-state index contributed by atoms with van der Waals surface area (Å²) < 4.78 is 30.2. The number of halogens is 1. The van der Waals surface area contributed by atoms with Crippen LogP contribution in [-0.4, -0.2) is 27.9 Å². The van der Waals surface area contributed by atoms with Crippen molar-refractivity contribution in [2.24, 2.45) is 10.3 Å². The predicted octanol–water partition coefficient (Wildman–Crippen LogP) is 3.66. The van der Waals surface area contributed by atoms with Crippen LogP contribution >= 0.6 is 0 Å². The summed E-state index contributed by atoms with van der Waals surface area (Å²) in [6.07, 6.45) is 0.819. The lowest BCUT2D eigenvalue weighted by molar-refractivity contribution is 0.0885. The molecular formula is C12H26FNOS. The first-order valence-corrected chi connectivity index (χ1v) is 8.14. The minimum Gasteiger partial charge on any atom is -0.250 e. The average Bonchev–Trinajstić information content (AvgIpc) is 2.26. The van der Waals surface area contributed by atoms with Gasteiger partial charge < -0.3 is 0 Å². The van der Waals surface area contributed by atoms with E-state index in [1.165, 1.54) is 0 Å². The average molecular weight is 251 g/mol. The van der Waals surface area contributed by atoms with Crippen LogP contribution < -0.4 is 0 Å². The molecule has 0 N–H and O–H groups in total. The second-order valence-corrected chi connectivity index (χ2v) is 6.94. The Morgan fingerprint density at radius 2 is 1.75 bits per heavy atom. The van der Waals surface area contributed by atoms with Crippen LogP contribution in [0.5, 0.6) is 0 Å². The third-order valence-electron chi connectivity index (χ3n) is 3.07. The molecule has 0 bridgehead atoms. The van der Waals surface area contributed by atoms with Gasteiger partial charge in [0.2, 0.25) is 0 Å². The second kappa shape index (κ2) is 6.58. The van der Waals surface area contributed by atoms with Gasteiger partial charge in [-0.3, -0.25) is 0 Å². The van der Waals surface area contributed by atoms with Crippen molar-refractivity contribution in [2.45, 2.75) is 53.1 Å². The molecule has 2 nitrogen and oxygen atoms in total. The van der Waals surface area contributed by atoms with E-state index in [1.54, 1.807) is 0 Å². The highest BCUT2D eigenvalue weighted by atomic mass is 32.2. The fraction of sp³-hybridized carbons (Fsp3) is 1.00. The molecule has 0 aliphatic carbocycles. The molecule has 0 radical (unpaired) electrons. The fourth-order valence-corrected chi connectivity index (χ4v) is 4.08. The van der Waals surface area contributed by atoms with Crippen molar-refractivity contribution in [1.29, 1.82) is 0 Å². The van der Waals surface area contributed by atoms with Gasteiger partial charge >= 0.3 is 0 Å². The molecule has 0 amide bonds. The van der Waals surface area contributed by atoms with Crippen LogP contribution in [-0.2, 0) is 9.73 Å². The molecule has 1 aliphatic rings. The van der Waals surface area contributed by atoms with Gasteiger partial charge in [-0.1, -0.05) is 27.7 Å². The molecule has 98 valence electrons.